The van der Waals surface area contributed by atoms with E-state index < -0.39 is 12.0 Å². The Morgan fingerprint density at radius 1 is 1.38 bits per heavy atom. The molecule has 21 heavy (non-hydrogen) atoms. The highest BCUT2D eigenvalue weighted by Gasteiger charge is 2.28. The minimum atomic E-state index is -1.01. The zero-order chi connectivity index (χ0) is 15.4. The summed E-state index contributed by atoms with van der Waals surface area (Å²) in [5.41, 5.74) is 1.48. The highest BCUT2D eigenvalue weighted by molar-refractivity contribution is 6.33. The van der Waals surface area contributed by atoms with E-state index >= 15 is 0 Å². The van der Waals surface area contributed by atoms with Crippen LogP contribution in [0.3, 0.4) is 0 Å². The van der Waals surface area contributed by atoms with Gasteiger partial charge in [0, 0.05) is 6.04 Å². The molecule has 0 bridgehead atoms. The number of urea groups is 1. The Hall–Kier alpha value is -1.75. The van der Waals surface area contributed by atoms with Crippen LogP contribution in [0.2, 0.25) is 5.02 Å². The maximum atomic E-state index is 12.4. The van der Waals surface area contributed by atoms with Crippen LogP contribution >= 0.6 is 11.6 Å². The molecule has 0 heterocycles. The van der Waals surface area contributed by atoms with E-state index in [0.717, 1.165) is 31.2 Å². The third kappa shape index (κ3) is 4.11. The number of hydrogen-bond acceptors (Lipinski definition) is 2. The van der Waals surface area contributed by atoms with Gasteiger partial charge in [0.05, 0.1) is 10.7 Å². The van der Waals surface area contributed by atoms with Crippen molar-refractivity contribution in [3.8, 4) is 0 Å². The summed E-state index contributed by atoms with van der Waals surface area (Å²) in [6.07, 6.45) is 3.75. The highest BCUT2D eigenvalue weighted by Crippen LogP contribution is 2.26. The van der Waals surface area contributed by atoms with Crippen LogP contribution in [0.4, 0.5) is 10.5 Å². The Bertz CT molecular complexity index is 542. The number of carbonyl (C=O) groups excluding carboxylic acids is 1. The van der Waals surface area contributed by atoms with Crippen LogP contribution in [-0.2, 0) is 4.79 Å². The summed E-state index contributed by atoms with van der Waals surface area (Å²) in [4.78, 5) is 24.8. The number of carboxylic acids is 1. The van der Waals surface area contributed by atoms with Crippen molar-refractivity contribution in [1.82, 2.24) is 4.90 Å². The van der Waals surface area contributed by atoms with Crippen molar-refractivity contribution in [2.45, 2.75) is 38.6 Å². The second-order valence-corrected chi connectivity index (χ2v) is 5.78. The molecule has 114 valence electrons. The molecule has 0 unspecified atom stereocenters. The van der Waals surface area contributed by atoms with E-state index in [1.54, 1.807) is 12.1 Å². The fraction of sp³-hybridized carbons (Fsp3) is 0.467. The molecule has 0 atom stereocenters. The molecule has 0 radical (unpaired) electrons. The molecule has 2 N–H and O–H groups in total. The van der Waals surface area contributed by atoms with Gasteiger partial charge in [-0.3, -0.25) is 4.79 Å². The van der Waals surface area contributed by atoms with Gasteiger partial charge in [0.2, 0.25) is 0 Å². The van der Waals surface area contributed by atoms with E-state index in [1.165, 1.54) is 4.90 Å². The minimum Gasteiger partial charge on any atom is -0.480 e. The number of rotatable bonds is 4. The quantitative estimate of drug-likeness (QED) is 0.894. The van der Waals surface area contributed by atoms with Gasteiger partial charge in [-0.2, -0.15) is 0 Å². The van der Waals surface area contributed by atoms with Gasteiger partial charge in [-0.1, -0.05) is 30.5 Å². The predicted molar refractivity (Wildman–Crippen MR) is 81.8 cm³/mol. The number of amides is 2. The number of aryl methyl sites for hydroxylation is 1. The van der Waals surface area contributed by atoms with Crippen molar-refractivity contribution in [2.24, 2.45) is 0 Å². The van der Waals surface area contributed by atoms with Crippen LogP contribution < -0.4 is 5.32 Å². The first kappa shape index (κ1) is 15.6. The van der Waals surface area contributed by atoms with Crippen LogP contribution in [0.5, 0.6) is 0 Å². The number of aliphatic carboxylic acids is 1. The van der Waals surface area contributed by atoms with Crippen molar-refractivity contribution in [1.29, 1.82) is 0 Å². The normalized spacial score (nSPS) is 15.0. The Morgan fingerprint density at radius 2 is 2.05 bits per heavy atom. The van der Waals surface area contributed by atoms with Crippen LogP contribution in [0.25, 0.3) is 0 Å². The van der Waals surface area contributed by atoms with Gasteiger partial charge in [0.1, 0.15) is 6.54 Å². The molecule has 5 nitrogen and oxygen atoms in total. The van der Waals surface area contributed by atoms with Gasteiger partial charge in [-0.15, -0.1) is 0 Å². The lowest BCUT2D eigenvalue weighted by Gasteiger charge is -2.27. The Labute approximate surface area is 128 Å². The van der Waals surface area contributed by atoms with E-state index in [1.807, 2.05) is 13.0 Å². The van der Waals surface area contributed by atoms with Crippen molar-refractivity contribution in [3.05, 3.63) is 28.8 Å². The summed E-state index contributed by atoms with van der Waals surface area (Å²) in [6.45, 7) is 1.61. The minimum absolute atomic E-state index is 0.00955. The number of anilines is 1. The first-order valence-electron chi connectivity index (χ1n) is 7.03. The molecular formula is C15H19ClN2O3. The van der Waals surface area contributed by atoms with E-state index in [4.69, 9.17) is 16.7 Å². The van der Waals surface area contributed by atoms with Crippen LogP contribution in [0.15, 0.2) is 18.2 Å². The van der Waals surface area contributed by atoms with Gasteiger partial charge < -0.3 is 15.3 Å². The van der Waals surface area contributed by atoms with Gasteiger partial charge >= 0.3 is 12.0 Å². The molecule has 1 aliphatic rings. The van der Waals surface area contributed by atoms with Crippen molar-refractivity contribution >= 4 is 29.3 Å². The summed E-state index contributed by atoms with van der Waals surface area (Å²) in [5, 5.41) is 12.2. The summed E-state index contributed by atoms with van der Waals surface area (Å²) in [5.74, 6) is -1.01. The smallest absolute Gasteiger partial charge is 0.323 e. The number of nitrogens with one attached hydrogen (secondary N) is 1. The molecule has 0 aliphatic heterocycles. The Balaban J connectivity index is 2.13. The largest absolute Gasteiger partial charge is 0.480 e. The van der Waals surface area contributed by atoms with Crippen LogP contribution in [0, 0.1) is 6.92 Å². The van der Waals surface area contributed by atoms with Crippen LogP contribution in [0.1, 0.15) is 31.2 Å². The number of benzene rings is 1. The number of halogens is 1. The number of hydrogen-bond donors (Lipinski definition) is 2. The van der Waals surface area contributed by atoms with Crippen molar-refractivity contribution < 1.29 is 14.7 Å². The van der Waals surface area contributed by atoms with Crippen molar-refractivity contribution in [3.63, 3.8) is 0 Å². The van der Waals surface area contributed by atoms with Gasteiger partial charge in [-0.05, 0) is 37.5 Å². The average molecular weight is 311 g/mol. The summed E-state index contributed by atoms with van der Waals surface area (Å²) in [7, 11) is 0. The van der Waals surface area contributed by atoms with Crippen LogP contribution in [-0.4, -0.2) is 34.6 Å². The second kappa shape index (κ2) is 6.80. The maximum Gasteiger partial charge on any atom is 0.323 e. The maximum absolute atomic E-state index is 12.4. The molecule has 0 saturated heterocycles. The molecule has 1 aromatic rings. The molecule has 6 heteroatoms. The molecule has 1 saturated carbocycles. The fourth-order valence-electron chi connectivity index (χ4n) is 2.65. The average Bonchev–Trinajstić information content (AvgIpc) is 2.93. The first-order valence-corrected chi connectivity index (χ1v) is 7.40. The predicted octanol–water partition coefficient (Wildman–Crippen LogP) is 3.51. The molecule has 1 fully saturated rings. The summed E-state index contributed by atoms with van der Waals surface area (Å²) in [6, 6.07) is 4.92. The number of nitrogens with zero attached hydrogens (tertiary/aromatic N) is 1. The second-order valence-electron chi connectivity index (χ2n) is 5.37. The van der Waals surface area contributed by atoms with Gasteiger partial charge in [0.15, 0.2) is 0 Å². The fourth-order valence-corrected chi connectivity index (χ4v) is 2.82. The van der Waals surface area contributed by atoms with Gasteiger partial charge in [-0.25, -0.2) is 4.79 Å². The van der Waals surface area contributed by atoms with E-state index in [2.05, 4.69) is 5.32 Å². The SMILES string of the molecule is Cc1ccc(Cl)c(NC(=O)N(CC(=O)O)C2CCCC2)c1. The zero-order valence-electron chi connectivity index (χ0n) is 11.9. The third-order valence-electron chi connectivity index (χ3n) is 3.70. The topological polar surface area (TPSA) is 69.6 Å². The van der Waals surface area contributed by atoms with E-state index in [-0.39, 0.29) is 12.6 Å². The lowest BCUT2D eigenvalue weighted by Crippen LogP contribution is -2.44. The molecule has 0 aromatic heterocycles. The monoisotopic (exact) mass is 310 g/mol. The first-order chi connectivity index (χ1) is 9.97. The third-order valence-corrected chi connectivity index (χ3v) is 4.02. The zero-order valence-corrected chi connectivity index (χ0v) is 12.7. The molecule has 2 amide bonds. The summed E-state index contributed by atoms with van der Waals surface area (Å²) >= 11 is 6.06. The molecule has 1 aromatic carbocycles. The van der Waals surface area contributed by atoms with Crippen molar-refractivity contribution in [2.75, 3.05) is 11.9 Å². The van der Waals surface area contributed by atoms with E-state index in [9.17, 15) is 9.59 Å². The molecular weight excluding hydrogens is 292 g/mol. The van der Waals surface area contributed by atoms with Gasteiger partial charge in [0.25, 0.3) is 0 Å². The standard InChI is InChI=1S/C15H19ClN2O3/c1-10-6-7-12(16)13(8-10)17-15(21)18(9-14(19)20)11-4-2-3-5-11/h6-8,11H,2-5,9H2,1H3,(H,17,21)(H,19,20). The Kier molecular flexibility index (Phi) is 5.07. The van der Waals surface area contributed by atoms with E-state index in [0.29, 0.717) is 10.7 Å². The molecule has 1 aliphatic carbocycles. The lowest BCUT2D eigenvalue weighted by molar-refractivity contribution is -0.138. The number of carboxylic acid groups (broad SMARTS) is 1. The Morgan fingerprint density at radius 3 is 2.67 bits per heavy atom. The molecule has 2 rings (SSSR count). The molecule has 0 spiro atoms. The lowest BCUT2D eigenvalue weighted by atomic mass is 10.2. The number of carbonyl (C=O) groups is 2. The summed E-state index contributed by atoms with van der Waals surface area (Å²) < 4.78 is 0. The highest BCUT2D eigenvalue weighted by atomic mass is 35.5.